The smallest absolute Gasteiger partial charge is 0.0620 e. The first-order valence-electron chi connectivity index (χ1n) is 26.1. The Kier molecular flexibility index (Phi) is 25.7. The maximum absolute atomic E-state index is 2.50. The molecule has 0 saturated heterocycles. The summed E-state index contributed by atoms with van der Waals surface area (Å²) in [5.41, 5.74) is 0. The standard InChI is InChI=1S/C58H94P4/c1-7-43-59(44-8-2,45-9-3)49-29-13-15-31-51-61(55-35-21-17-22-36-55,56-37-23-18-24-38-56)53-33-34-54-62(57-39-25-19-26-40-57,58-41-27-20-28-42-58)52-32-16-14-30-50-60(46-10-4,47-11-5)48-12-6/h17-28,35-42H,7-16,29-34,43-54H2,1-6H3/q+4. The fourth-order valence-corrected chi connectivity index (χ4v) is 31.0. The lowest BCUT2D eigenvalue weighted by Gasteiger charge is -2.30. The molecule has 0 heterocycles. The van der Waals surface area contributed by atoms with Gasteiger partial charge in [0.1, 0.15) is 0 Å². The summed E-state index contributed by atoms with van der Waals surface area (Å²) in [6.45, 7) is 14.6. The van der Waals surface area contributed by atoms with Gasteiger partial charge in [-0.25, -0.2) is 0 Å². The van der Waals surface area contributed by atoms with Crippen LogP contribution in [0.5, 0.6) is 0 Å². The van der Waals surface area contributed by atoms with Gasteiger partial charge in [-0.2, -0.15) is 0 Å². The van der Waals surface area contributed by atoms with Gasteiger partial charge in [0, 0.05) is 14.5 Å². The first-order chi connectivity index (χ1) is 30.4. The quantitative estimate of drug-likeness (QED) is 0.0319. The van der Waals surface area contributed by atoms with E-state index < -0.39 is 29.0 Å². The fraction of sp³-hybridized carbons (Fsp3) is 0.586. The topological polar surface area (TPSA) is 0 Å². The zero-order chi connectivity index (χ0) is 44.3. The van der Waals surface area contributed by atoms with E-state index in [0.717, 1.165) is 0 Å². The van der Waals surface area contributed by atoms with Gasteiger partial charge in [0.15, 0.2) is 0 Å². The first kappa shape index (κ1) is 53.2. The molecule has 0 aromatic heterocycles. The molecular weight excluding hydrogens is 821 g/mol. The Labute approximate surface area is 387 Å². The second-order valence-electron chi connectivity index (χ2n) is 19.2. The van der Waals surface area contributed by atoms with Crippen molar-refractivity contribution in [3.8, 4) is 0 Å². The molecule has 0 bridgehead atoms. The SMILES string of the molecule is CCC[P+](CCC)(CCC)CCCCCC[P+](CCCC[P+](CCCCCC[P+](CCC)(CCC)CCC)(c1ccccc1)c1ccccc1)(c1ccccc1)c1ccccc1. The Morgan fingerprint density at radius 2 is 0.419 bits per heavy atom. The van der Waals surface area contributed by atoms with E-state index in [4.69, 9.17) is 0 Å². The van der Waals surface area contributed by atoms with E-state index in [2.05, 4.69) is 163 Å². The summed E-state index contributed by atoms with van der Waals surface area (Å²) >= 11 is 0. The average molecular weight is 915 g/mol. The highest BCUT2D eigenvalue weighted by molar-refractivity contribution is 7.90. The third-order valence-corrected chi connectivity index (χ3v) is 34.7. The van der Waals surface area contributed by atoms with Crippen molar-refractivity contribution in [2.45, 2.75) is 144 Å². The lowest BCUT2D eigenvalue weighted by Crippen LogP contribution is -2.29. The van der Waals surface area contributed by atoms with Gasteiger partial charge in [-0.3, -0.25) is 0 Å². The molecule has 0 aliphatic rings. The Balaban J connectivity index is 1.52. The van der Waals surface area contributed by atoms with Crippen molar-refractivity contribution in [1.82, 2.24) is 0 Å². The minimum absolute atomic E-state index is 0.766. The van der Waals surface area contributed by atoms with Crippen LogP contribution in [0.1, 0.15) is 144 Å². The minimum Gasteiger partial charge on any atom is -0.0620 e. The maximum Gasteiger partial charge on any atom is 0.0991 e. The van der Waals surface area contributed by atoms with Gasteiger partial charge in [0.25, 0.3) is 0 Å². The van der Waals surface area contributed by atoms with Crippen LogP contribution in [-0.2, 0) is 0 Å². The van der Waals surface area contributed by atoms with Crippen LogP contribution in [0.25, 0.3) is 0 Å². The Bertz CT molecular complexity index is 1430. The second kappa shape index (κ2) is 30.0. The summed E-state index contributed by atoms with van der Waals surface area (Å²) in [5, 5.41) is 6.56. The molecule has 0 unspecified atom stereocenters. The van der Waals surface area contributed by atoms with Gasteiger partial charge in [-0.15, -0.1) is 0 Å². The Morgan fingerprint density at radius 1 is 0.226 bits per heavy atom. The van der Waals surface area contributed by atoms with Crippen molar-refractivity contribution >= 4 is 50.3 Å². The molecule has 4 aromatic rings. The van der Waals surface area contributed by atoms with Crippen LogP contribution in [0.2, 0.25) is 0 Å². The van der Waals surface area contributed by atoms with Crippen molar-refractivity contribution in [2.75, 3.05) is 73.9 Å². The lowest BCUT2D eigenvalue weighted by atomic mass is 10.2. The molecule has 0 radical (unpaired) electrons. The molecule has 0 fully saturated rings. The molecule has 0 N–H and O–H groups in total. The van der Waals surface area contributed by atoms with Gasteiger partial charge >= 0.3 is 0 Å². The molecule has 0 nitrogen and oxygen atoms in total. The van der Waals surface area contributed by atoms with E-state index in [1.807, 2.05) is 0 Å². The van der Waals surface area contributed by atoms with E-state index in [9.17, 15) is 0 Å². The predicted octanol–water partition coefficient (Wildman–Crippen LogP) is 16.7. The van der Waals surface area contributed by atoms with E-state index in [1.165, 1.54) is 164 Å². The van der Waals surface area contributed by atoms with Crippen molar-refractivity contribution in [1.29, 1.82) is 0 Å². The highest BCUT2D eigenvalue weighted by Crippen LogP contribution is 2.63. The molecule has 62 heavy (non-hydrogen) atoms. The summed E-state index contributed by atoms with van der Waals surface area (Å²) in [4.78, 5) is 0. The number of unbranched alkanes of at least 4 members (excludes halogenated alkanes) is 7. The fourth-order valence-electron chi connectivity index (χ4n) is 11.7. The Hall–Kier alpha value is -1.40. The summed E-state index contributed by atoms with van der Waals surface area (Å²) in [6.07, 6.45) is 39.8. The highest BCUT2D eigenvalue weighted by Gasteiger charge is 2.44. The second-order valence-corrected chi connectivity index (χ2v) is 35.9. The minimum atomic E-state index is -1.58. The van der Waals surface area contributed by atoms with Crippen LogP contribution in [0.15, 0.2) is 121 Å². The molecule has 0 spiro atoms. The lowest BCUT2D eigenvalue weighted by molar-refractivity contribution is 0.702. The molecule has 0 aliphatic heterocycles. The van der Waals surface area contributed by atoms with Crippen LogP contribution in [0, 0.1) is 0 Å². The average Bonchev–Trinajstić information content (AvgIpc) is 3.30. The normalized spacial score (nSPS) is 12.5. The predicted molar refractivity (Wildman–Crippen MR) is 298 cm³/mol. The summed E-state index contributed by atoms with van der Waals surface area (Å²) in [7, 11) is -4.69. The summed E-state index contributed by atoms with van der Waals surface area (Å²) in [5.74, 6) is 0. The van der Waals surface area contributed by atoms with Gasteiger partial charge in [0.05, 0.1) is 110 Å². The van der Waals surface area contributed by atoms with E-state index in [0.29, 0.717) is 0 Å². The van der Waals surface area contributed by atoms with Crippen LogP contribution >= 0.6 is 29.0 Å². The van der Waals surface area contributed by atoms with E-state index in [-0.39, 0.29) is 0 Å². The van der Waals surface area contributed by atoms with Crippen molar-refractivity contribution in [3.63, 3.8) is 0 Å². The van der Waals surface area contributed by atoms with Gasteiger partial charge in [0.2, 0.25) is 0 Å². The third-order valence-electron chi connectivity index (χ3n) is 14.4. The number of hydrogen-bond donors (Lipinski definition) is 0. The molecule has 4 heteroatoms. The van der Waals surface area contributed by atoms with Gasteiger partial charge in [-0.05, 0) is 151 Å². The molecule has 4 aromatic carbocycles. The first-order valence-corrected chi connectivity index (χ1v) is 35.5. The summed E-state index contributed by atoms with van der Waals surface area (Å²) in [6, 6.07) is 47.6. The molecule has 0 atom stereocenters. The molecule has 342 valence electrons. The monoisotopic (exact) mass is 915 g/mol. The molecule has 0 saturated carbocycles. The maximum atomic E-state index is 2.50. The van der Waals surface area contributed by atoms with Crippen LogP contribution in [0.3, 0.4) is 0 Å². The van der Waals surface area contributed by atoms with E-state index >= 15 is 0 Å². The largest absolute Gasteiger partial charge is 0.0991 e. The van der Waals surface area contributed by atoms with Gasteiger partial charge in [-0.1, -0.05) is 114 Å². The number of benzene rings is 4. The van der Waals surface area contributed by atoms with Gasteiger partial charge < -0.3 is 0 Å². The highest BCUT2D eigenvalue weighted by atomic mass is 31.2. The van der Waals surface area contributed by atoms with Crippen molar-refractivity contribution in [3.05, 3.63) is 121 Å². The Morgan fingerprint density at radius 3 is 0.629 bits per heavy atom. The third kappa shape index (κ3) is 16.2. The zero-order valence-electron chi connectivity index (χ0n) is 41.1. The molecule has 0 amide bonds. The van der Waals surface area contributed by atoms with Crippen LogP contribution in [-0.4, -0.2) is 73.9 Å². The van der Waals surface area contributed by atoms with Crippen molar-refractivity contribution in [2.24, 2.45) is 0 Å². The molecule has 0 aliphatic carbocycles. The van der Waals surface area contributed by atoms with Crippen molar-refractivity contribution < 1.29 is 0 Å². The van der Waals surface area contributed by atoms with Crippen LogP contribution in [0.4, 0.5) is 0 Å². The van der Waals surface area contributed by atoms with E-state index in [1.54, 1.807) is 33.5 Å². The van der Waals surface area contributed by atoms with Crippen LogP contribution < -0.4 is 21.2 Å². The zero-order valence-corrected chi connectivity index (χ0v) is 44.7. The number of rotatable bonds is 35. The summed E-state index contributed by atoms with van der Waals surface area (Å²) < 4.78 is 0. The number of hydrogen-bond acceptors (Lipinski definition) is 0. The molecule has 4 rings (SSSR count). The molecular formula is C58H94P4+4.